The number of hydrogen-bond acceptors (Lipinski definition) is 2. The van der Waals surface area contributed by atoms with Crippen LogP contribution in [0, 0.1) is 11.3 Å². The SMILES string of the molecule is CC(C)(C)C1CNCCN1CC1CCC1. The van der Waals surface area contributed by atoms with Crippen molar-refractivity contribution in [2.24, 2.45) is 11.3 Å². The minimum atomic E-state index is 0.414. The molecule has 1 aliphatic heterocycles. The van der Waals surface area contributed by atoms with Gasteiger partial charge in [-0.25, -0.2) is 0 Å². The molecule has 2 heteroatoms. The molecule has 1 atom stereocenters. The average molecular weight is 210 g/mol. The molecule has 1 unspecified atom stereocenters. The van der Waals surface area contributed by atoms with Crippen molar-refractivity contribution >= 4 is 0 Å². The monoisotopic (exact) mass is 210 g/mol. The predicted octanol–water partition coefficient (Wildman–Crippen LogP) is 2.11. The number of piperazine rings is 1. The van der Waals surface area contributed by atoms with Gasteiger partial charge in [-0.15, -0.1) is 0 Å². The maximum atomic E-state index is 3.54. The Hall–Kier alpha value is -0.0800. The van der Waals surface area contributed by atoms with Crippen molar-refractivity contribution < 1.29 is 0 Å². The Morgan fingerprint density at radius 2 is 2.00 bits per heavy atom. The van der Waals surface area contributed by atoms with Gasteiger partial charge in [0.15, 0.2) is 0 Å². The molecule has 2 nitrogen and oxygen atoms in total. The van der Waals surface area contributed by atoms with Crippen molar-refractivity contribution in [3.05, 3.63) is 0 Å². The van der Waals surface area contributed by atoms with E-state index in [1.807, 2.05) is 0 Å². The summed E-state index contributed by atoms with van der Waals surface area (Å²) in [4.78, 5) is 2.74. The standard InChI is InChI=1S/C13H26N2/c1-13(2,3)12-9-14-7-8-15(12)10-11-5-4-6-11/h11-12,14H,4-10H2,1-3H3. The van der Waals surface area contributed by atoms with Crippen LogP contribution in [0.25, 0.3) is 0 Å². The summed E-state index contributed by atoms with van der Waals surface area (Å²) in [6, 6.07) is 0.729. The lowest BCUT2D eigenvalue weighted by molar-refractivity contribution is 0.0481. The Morgan fingerprint density at radius 1 is 1.27 bits per heavy atom. The summed E-state index contributed by atoms with van der Waals surface area (Å²) in [5.41, 5.74) is 0.414. The van der Waals surface area contributed by atoms with Crippen molar-refractivity contribution in [1.29, 1.82) is 0 Å². The third-order valence-electron chi connectivity index (χ3n) is 4.07. The largest absolute Gasteiger partial charge is 0.314 e. The number of rotatable bonds is 2. The zero-order chi connectivity index (χ0) is 10.9. The van der Waals surface area contributed by atoms with E-state index in [0.717, 1.165) is 12.0 Å². The fourth-order valence-corrected chi connectivity index (χ4v) is 2.83. The molecule has 0 aromatic heterocycles. The topological polar surface area (TPSA) is 15.3 Å². The highest BCUT2D eigenvalue weighted by atomic mass is 15.2. The molecular weight excluding hydrogens is 184 g/mol. The van der Waals surface area contributed by atoms with Crippen molar-refractivity contribution in [3.8, 4) is 0 Å². The van der Waals surface area contributed by atoms with Crippen LogP contribution in [-0.2, 0) is 0 Å². The van der Waals surface area contributed by atoms with Crippen molar-refractivity contribution in [1.82, 2.24) is 10.2 Å². The van der Waals surface area contributed by atoms with Crippen molar-refractivity contribution in [2.45, 2.75) is 46.1 Å². The number of nitrogens with one attached hydrogen (secondary N) is 1. The molecule has 0 aromatic carbocycles. The van der Waals surface area contributed by atoms with Crippen LogP contribution in [0.4, 0.5) is 0 Å². The van der Waals surface area contributed by atoms with E-state index < -0.39 is 0 Å². The van der Waals surface area contributed by atoms with Gasteiger partial charge in [-0.05, 0) is 24.2 Å². The van der Waals surface area contributed by atoms with Gasteiger partial charge < -0.3 is 5.32 Å². The van der Waals surface area contributed by atoms with Gasteiger partial charge in [0.05, 0.1) is 0 Å². The first-order chi connectivity index (χ1) is 7.07. The molecule has 0 spiro atoms. The Labute approximate surface area is 94.4 Å². The molecule has 0 bridgehead atoms. The van der Waals surface area contributed by atoms with Crippen molar-refractivity contribution in [3.63, 3.8) is 0 Å². The van der Waals surface area contributed by atoms with E-state index in [2.05, 4.69) is 31.0 Å². The zero-order valence-corrected chi connectivity index (χ0v) is 10.6. The van der Waals surface area contributed by atoms with Gasteiger partial charge in [-0.3, -0.25) is 4.90 Å². The van der Waals surface area contributed by atoms with E-state index in [9.17, 15) is 0 Å². The molecule has 0 amide bonds. The van der Waals surface area contributed by atoms with Crippen LogP contribution in [0.3, 0.4) is 0 Å². The number of nitrogens with zero attached hydrogens (tertiary/aromatic N) is 1. The van der Waals surface area contributed by atoms with Crippen LogP contribution >= 0.6 is 0 Å². The molecular formula is C13H26N2. The van der Waals surface area contributed by atoms with Crippen LogP contribution < -0.4 is 5.32 Å². The first-order valence-electron chi connectivity index (χ1n) is 6.52. The van der Waals surface area contributed by atoms with E-state index in [1.165, 1.54) is 45.4 Å². The molecule has 0 radical (unpaired) electrons. The minimum absolute atomic E-state index is 0.414. The van der Waals surface area contributed by atoms with Gasteiger partial charge in [0.1, 0.15) is 0 Å². The van der Waals surface area contributed by atoms with Crippen LogP contribution in [0.1, 0.15) is 40.0 Å². The fourth-order valence-electron chi connectivity index (χ4n) is 2.83. The second-order valence-corrected chi connectivity index (χ2v) is 6.38. The lowest BCUT2D eigenvalue weighted by Gasteiger charge is -2.46. The molecule has 0 aromatic rings. The van der Waals surface area contributed by atoms with Crippen molar-refractivity contribution in [2.75, 3.05) is 26.2 Å². The molecule has 2 rings (SSSR count). The molecule has 1 aliphatic carbocycles. The first-order valence-corrected chi connectivity index (χ1v) is 6.52. The molecule has 1 heterocycles. The summed E-state index contributed by atoms with van der Waals surface area (Å²) >= 11 is 0. The molecule has 1 saturated carbocycles. The third-order valence-corrected chi connectivity index (χ3v) is 4.07. The molecule has 1 N–H and O–H groups in total. The lowest BCUT2D eigenvalue weighted by Crippen LogP contribution is -2.57. The maximum Gasteiger partial charge on any atom is 0.0269 e. The van der Waals surface area contributed by atoms with Gasteiger partial charge >= 0.3 is 0 Å². The van der Waals surface area contributed by atoms with E-state index in [0.29, 0.717) is 5.41 Å². The molecule has 2 fully saturated rings. The van der Waals surface area contributed by atoms with Gasteiger partial charge in [-0.1, -0.05) is 27.2 Å². The molecule has 88 valence electrons. The van der Waals surface area contributed by atoms with Crippen LogP contribution in [0.15, 0.2) is 0 Å². The minimum Gasteiger partial charge on any atom is -0.314 e. The highest BCUT2D eigenvalue weighted by molar-refractivity contribution is 4.90. The first kappa shape index (κ1) is 11.4. The second kappa shape index (κ2) is 4.42. The normalized spacial score (nSPS) is 30.2. The molecule has 2 aliphatic rings. The Bertz CT molecular complexity index is 203. The third kappa shape index (κ3) is 2.73. The van der Waals surface area contributed by atoms with Crippen LogP contribution in [0.2, 0.25) is 0 Å². The van der Waals surface area contributed by atoms with E-state index in [1.54, 1.807) is 0 Å². The summed E-state index contributed by atoms with van der Waals surface area (Å²) in [6.07, 6.45) is 4.42. The summed E-state index contributed by atoms with van der Waals surface area (Å²) in [7, 11) is 0. The number of hydrogen-bond donors (Lipinski definition) is 1. The molecule has 15 heavy (non-hydrogen) atoms. The fraction of sp³-hybridized carbons (Fsp3) is 1.00. The van der Waals surface area contributed by atoms with Gasteiger partial charge in [0.25, 0.3) is 0 Å². The summed E-state index contributed by atoms with van der Waals surface area (Å²) in [5.74, 6) is 1.01. The Morgan fingerprint density at radius 3 is 2.53 bits per heavy atom. The summed E-state index contributed by atoms with van der Waals surface area (Å²) in [6.45, 7) is 12.1. The van der Waals surface area contributed by atoms with E-state index in [-0.39, 0.29) is 0 Å². The highest BCUT2D eigenvalue weighted by Crippen LogP contribution is 2.31. The summed E-state index contributed by atoms with van der Waals surface area (Å²) in [5, 5.41) is 3.54. The highest BCUT2D eigenvalue weighted by Gasteiger charge is 2.34. The lowest BCUT2D eigenvalue weighted by atomic mass is 9.81. The quantitative estimate of drug-likeness (QED) is 0.751. The van der Waals surface area contributed by atoms with Crippen LogP contribution in [0.5, 0.6) is 0 Å². The van der Waals surface area contributed by atoms with E-state index >= 15 is 0 Å². The smallest absolute Gasteiger partial charge is 0.0269 e. The van der Waals surface area contributed by atoms with Crippen LogP contribution in [-0.4, -0.2) is 37.1 Å². The van der Waals surface area contributed by atoms with Gasteiger partial charge in [0.2, 0.25) is 0 Å². The average Bonchev–Trinajstić information content (AvgIpc) is 2.10. The van der Waals surface area contributed by atoms with E-state index in [4.69, 9.17) is 0 Å². The Balaban J connectivity index is 1.92. The second-order valence-electron chi connectivity index (χ2n) is 6.38. The van der Waals surface area contributed by atoms with Gasteiger partial charge in [0, 0.05) is 32.2 Å². The van der Waals surface area contributed by atoms with Gasteiger partial charge in [-0.2, -0.15) is 0 Å². The maximum absolute atomic E-state index is 3.54. The summed E-state index contributed by atoms with van der Waals surface area (Å²) < 4.78 is 0. The molecule has 1 saturated heterocycles. The Kier molecular flexibility index (Phi) is 3.36. The predicted molar refractivity (Wildman–Crippen MR) is 65.0 cm³/mol. The zero-order valence-electron chi connectivity index (χ0n) is 10.6.